The molecule has 102 valence electrons. The summed E-state index contributed by atoms with van der Waals surface area (Å²) in [6.45, 7) is -0.902. The summed E-state index contributed by atoms with van der Waals surface area (Å²) >= 11 is 0. The van der Waals surface area contributed by atoms with Gasteiger partial charge in [0.15, 0.2) is 0 Å². The maximum atomic E-state index is 13.2. The van der Waals surface area contributed by atoms with E-state index in [0.29, 0.717) is 12.5 Å². The van der Waals surface area contributed by atoms with E-state index in [1.807, 2.05) is 13.8 Å². The van der Waals surface area contributed by atoms with Crippen LogP contribution < -0.4 is 61.6 Å². The van der Waals surface area contributed by atoms with Crippen LogP contribution in [0.2, 0.25) is 0 Å². The molecule has 0 fully saturated rings. The zero-order chi connectivity index (χ0) is 13.8. The Balaban J connectivity index is 0.00000324. The van der Waals surface area contributed by atoms with Crippen molar-refractivity contribution in [3.63, 3.8) is 0 Å². The summed E-state index contributed by atoms with van der Waals surface area (Å²) in [7, 11) is 0. The quantitative estimate of drug-likeness (QED) is 0.555. The molecule has 1 aromatic rings. The molecule has 1 nitrogen and oxygen atoms in total. The van der Waals surface area contributed by atoms with Crippen molar-refractivity contribution in [3.05, 3.63) is 24.0 Å². The van der Waals surface area contributed by atoms with Crippen molar-refractivity contribution in [2.24, 2.45) is 5.92 Å². The van der Waals surface area contributed by atoms with Crippen LogP contribution in [0.1, 0.15) is 26.7 Å². The van der Waals surface area contributed by atoms with Gasteiger partial charge in [-0.1, -0.05) is 38.2 Å². The molecule has 0 heterocycles. The molecule has 0 aliphatic carbocycles. The maximum absolute atomic E-state index is 13.2. The van der Waals surface area contributed by atoms with Crippen LogP contribution in [0.15, 0.2) is 18.2 Å². The molecule has 0 bridgehead atoms. The van der Waals surface area contributed by atoms with Gasteiger partial charge in [-0.05, 0) is 12.0 Å². The summed E-state index contributed by atoms with van der Waals surface area (Å²) in [6.07, 6.45) is 1.84. The molecule has 0 aliphatic heterocycles. The van der Waals surface area contributed by atoms with Crippen molar-refractivity contribution in [1.29, 1.82) is 0 Å². The van der Waals surface area contributed by atoms with Crippen LogP contribution in [0.3, 0.4) is 0 Å². The summed E-state index contributed by atoms with van der Waals surface area (Å²) in [5.74, 6) is -0.799. The van der Waals surface area contributed by atoms with E-state index in [9.17, 15) is 17.3 Å². The Morgan fingerprint density at radius 2 is 1.74 bits per heavy atom. The largest absolute Gasteiger partial charge is 1.00 e. The summed E-state index contributed by atoms with van der Waals surface area (Å²) < 4.78 is 55.7. The first kappa shape index (κ1) is 19.4. The number of halogens is 4. The fourth-order valence-electron chi connectivity index (χ4n) is 1.60. The van der Waals surface area contributed by atoms with E-state index in [4.69, 9.17) is 4.74 Å². The van der Waals surface area contributed by atoms with E-state index in [1.54, 1.807) is 0 Å². The van der Waals surface area contributed by atoms with Gasteiger partial charge in [0.05, 0.1) is 12.4 Å². The van der Waals surface area contributed by atoms with Gasteiger partial charge in [0.25, 0.3) is 0 Å². The van der Waals surface area contributed by atoms with Gasteiger partial charge in [-0.15, -0.1) is 0 Å². The molecule has 1 aromatic carbocycles. The Hall–Kier alpha value is 0.441. The van der Waals surface area contributed by atoms with E-state index in [0.717, 1.165) is 31.0 Å². The van der Waals surface area contributed by atoms with Gasteiger partial charge in [0.1, 0.15) is 5.75 Å². The smallest absolute Gasteiger partial charge is 0.493 e. The molecule has 19 heavy (non-hydrogen) atoms. The van der Waals surface area contributed by atoms with E-state index in [1.165, 1.54) is 0 Å². The first-order valence-electron chi connectivity index (χ1n) is 6.00. The van der Waals surface area contributed by atoms with Gasteiger partial charge < -0.3 is 17.7 Å². The van der Waals surface area contributed by atoms with E-state index < -0.39 is 18.3 Å². The van der Waals surface area contributed by atoms with Crippen molar-refractivity contribution in [2.45, 2.75) is 26.7 Å². The summed E-state index contributed by atoms with van der Waals surface area (Å²) in [6, 6.07) is 2.69. The van der Waals surface area contributed by atoms with Gasteiger partial charge in [-0.2, -0.15) is 0 Å². The zero-order valence-corrected chi connectivity index (χ0v) is 14.6. The first-order chi connectivity index (χ1) is 8.38. The molecule has 0 unspecified atom stereocenters. The average Bonchev–Trinajstić information content (AvgIpc) is 2.28. The number of hydrogen-bond acceptors (Lipinski definition) is 1. The second-order valence-corrected chi connectivity index (χ2v) is 4.25. The second-order valence-electron chi connectivity index (χ2n) is 4.25. The van der Waals surface area contributed by atoms with E-state index in [-0.39, 0.29) is 57.1 Å². The van der Waals surface area contributed by atoms with Gasteiger partial charge in [0.2, 0.25) is 0 Å². The van der Waals surface area contributed by atoms with Gasteiger partial charge in [-0.3, -0.25) is 0 Å². The molecule has 0 spiro atoms. The third-order valence-corrected chi connectivity index (χ3v) is 2.96. The van der Waals surface area contributed by atoms with Gasteiger partial charge in [0, 0.05) is 6.07 Å². The molecule has 7 heteroatoms. The number of benzene rings is 1. The van der Waals surface area contributed by atoms with Crippen LogP contribution >= 0.6 is 0 Å². The van der Waals surface area contributed by atoms with E-state index in [2.05, 4.69) is 0 Å². The molecular weight excluding hydrogens is 286 g/mol. The van der Waals surface area contributed by atoms with Crippen molar-refractivity contribution >= 4 is 12.4 Å². The SMILES string of the molecule is CCC(CC)COc1ccc([B-](F)(F)F)c(F)c1.[K+]. The molecule has 0 saturated heterocycles. The third kappa shape index (κ3) is 6.16. The minimum Gasteiger partial charge on any atom is -0.493 e. The zero-order valence-electron chi connectivity index (χ0n) is 11.4. The minimum atomic E-state index is -5.31. The maximum Gasteiger partial charge on any atom is 1.00 e. The second kappa shape index (κ2) is 8.67. The third-order valence-electron chi connectivity index (χ3n) is 2.96. The molecule has 0 aliphatic rings. The molecule has 1 rings (SSSR count). The van der Waals surface area contributed by atoms with Crippen LogP contribution in [0.4, 0.5) is 17.3 Å². The summed E-state index contributed by atoms with van der Waals surface area (Å²) in [5.41, 5.74) is -1.20. The fraction of sp³-hybridized carbons (Fsp3) is 0.500. The van der Waals surface area contributed by atoms with Crippen LogP contribution in [0.5, 0.6) is 5.75 Å². The molecule has 0 atom stereocenters. The minimum absolute atomic E-state index is 0. The summed E-state index contributed by atoms with van der Waals surface area (Å²) in [4.78, 5) is 0. The van der Waals surface area contributed by atoms with Crippen LogP contribution in [-0.2, 0) is 0 Å². The monoisotopic (exact) mass is 302 g/mol. The summed E-state index contributed by atoms with van der Waals surface area (Å²) in [5, 5.41) is 0. The van der Waals surface area contributed by atoms with Crippen molar-refractivity contribution in [2.75, 3.05) is 6.61 Å². The average molecular weight is 302 g/mol. The van der Waals surface area contributed by atoms with Crippen LogP contribution in [0.25, 0.3) is 0 Å². The molecule has 0 radical (unpaired) electrons. The molecule has 0 amide bonds. The first-order valence-corrected chi connectivity index (χ1v) is 6.00. The fourth-order valence-corrected chi connectivity index (χ4v) is 1.60. The van der Waals surface area contributed by atoms with Crippen molar-refractivity contribution in [1.82, 2.24) is 0 Å². The van der Waals surface area contributed by atoms with Gasteiger partial charge >= 0.3 is 58.4 Å². The van der Waals surface area contributed by atoms with E-state index >= 15 is 0 Å². The Morgan fingerprint density at radius 3 is 2.16 bits per heavy atom. The van der Waals surface area contributed by atoms with Crippen LogP contribution in [0, 0.1) is 11.7 Å². The topological polar surface area (TPSA) is 9.23 Å². The Kier molecular flexibility index (Phi) is 8.87. The van der Waals surface area contributed by atoms with Crippen molar-refractivity contribution in [3.8, 4) is 5.75 Å². The van der Waals surface area contributed by atoms with Gasteiger partial charge in [-0.25, -0.2) is 4.39 Å². The Labute approximate surface area is 153 Å². The number of rotatable bonds is 6. The Bertz CT molecular complexity index is 394. The predicted molar refractivity (Wildman–Crippen MR) is 64.7 cm³/mol. The number of hydrogen-bond donors (Lipinski definition) is 0. The standard InChI is InChI=1S/C12H16BF4O.K/c1-3-9(4-2)8-18-10-5-6-11(12(14)7-10)13(15,16)17;/h5-7,9H,3-4,8H2,1-2H3;/q-1;+1. The normalized spacial score (nSPS) is 11.3. The molecule has 0 saturated carbocycles. The van der Waals surface area contributed by atoms with Crippen molar-refractivity contribution < 1.29 is 73.5 Å². The number of ether oxygens (including phenoxy) is 1. The Morgan fingerprint density at radius 1 is 1.16 bits per heavy atom. The predicted octanol–water partition coefficient (Wildman–Crippen LogP) is 0.699. The van der Waals surface area contributed by atoms with Crippen LogP contribution in [-0.4, -0.2) is 13.6 Å². The molecule has 0 aromatic heterocycles. The molecule has 0 N–H and O–H groups in total. The molecular formula is C12H16BF4KO.